The topological polar surface area (TPSA) is 98.9 Å². The number of nitrogens with zero attached hydrogens (tertiary/aromatic N) is 4. The number of hydrogen-bond donors (Lipinski definition) is 1. The lowest BCUT2D eigenvalue weighted by Crippen LogP contribution is -2.25. The van der Waals surface area contributed by atoms with Gasteiger partial charge in [0, 0.05) is 24.3 Å². The van der Waals surface area contributed by atoms with Crippen LogP contribution in [0.5, 0.6) is 0 Å². The number of thioether (sulfide) groups is 1. The van der Waals surface area contributed by atoms with Crippen molar-refractivity contribution in [2.75, 3.05) is 11.1 Å². The zero-order valence-corrected chi connectivity index (χ0v) is 18.4. The maximum absolute atomic E-state index is 13.1. The van der Waals surface area contributed by atoms with E-state index in [9.17, 15) is 14.4 Å². The number of amides is 1. The number of benzene rings is 1. The quantitative estimate of drug-likeness (QED) is 0.337. The molecule has 1 N–H and O–H groups in total. The van der Waals surface area contributed by atoms with Crippen molar-refractivity contribution >= 4 is 40.2 Å². The van der Waals surface area contributed by atoms with Crippen LogP contribution in [0.25, 0.3) is 11.0 Å². The summed E-state index contributed by atoms with van der Waals surface area (Å²) in [7, 11) is 0. The zero-order chi connectivity index (χ0) is 21.8. The second-order valence-corrected chi connectivity index (χ2v) is 7.86. The highest BCUT2D eigenvalue weighted by atomic mass is 32.2. The standard InChI is InChI=1S/C21H25N5O3S/c1-5-11-25-20(29)19-18(13(3)24-26(19)6-2)23-21(25)30-12-17(28)22-16-9-7-15(8-10-16)14(4)27/h7-10H,5-6,11-12H2,1-4H3,(H,22,28). The number of carbonyl (C=O) groups excluding carboxylic acids is 2. The minimum atomic E-state index is -0.214. The fourth-order valence-corrected chi connectivity index (χ4v) is 3.98. The lowest BCUT2D eigenvalue weighted by atomic mass is 10.1. The molecule has 3 aromatic rings. The molecule has 158 valence electrons. The van der Waals surface area contributed by atoms with E-state index in [0.717, 1.165) is 6.42 Å². The average Bonchev–Trinajstić information content (AvgIpc) is 3.05. The average molecular weight is 428 g/mol. The van der Waals surface area contributed by atoms with Crippen LogP contribution >= 0.6 is 11.8 Å². The van der Waals surface area contributed by atoms with Crippen molar-refractivity contribution in [1.82, 2.24) is 19.3 Å². The van der Waals surface area contributed by atoms with Gasteiger partial charge < -0.3 is 5.32 Å². The van der Waals surface area contributed by atoms with Crippen LogP contribution in [0.15, 0.2) is 34.2 Å². The van der Waals surface area contributed by atoms with Crippen molar-refractivity contribution in [2.24, 2.45) is 0 Å². The van der Waals surface area contributed by atoms with Crippen molar-refractivity contribution in [1.29, 1.82) is 0 Å². The van der Waals surface area contributed by atoms with Crippen molar-refractivity contribution in [2.45, 2.75) is 52.4 Å². The fourth-order valence-electron chi connectivity index (χ4n) is 3.16. The molecule has 0 saturated carbocycles. The number of aromatic nitrogens is 4. The third kappa shape index (κ3) is 4.46. The van der Waals surface area contributed by atoms with Gasteiger partial charge in [-0.15, -0.1) is 0 Å². The molecule has 0 aliphatic carbocycles. The minimum Gasteiger partial charge on any atom is -0.325 e. The van der Waals surface area contributed by atoms with Gasteiger partial charge >= 0.3 is 0 Å². The summed E-state index contributed by atoms with van der Waals surface area (Å²) in [6.07, 6.45) is 0.772. The van der Waals surface area contributed by atoms with Gasteiger partial charge in [-0.3, -0.25) is 23.6 Å². The minimum absolute atomic E-state index is 0.0273. The third-order valence-corrected chi connectivity index (χ3v) is 5.61. The Balaban J connectivity index is 1.81. The van der Waals surface area contributed by atoms with Gasteiger partial charge in [-0.2, -0.15) is 5.10 Å². The molecule has 0 saturated heterocycles. The van der Waals surface area contributed by atoms with Gasteiger partial charge in [0.2, 0.25) is 5.91 Å². The summed E-state index contributed by atoms with van der Waals surface area (Å²) in [6.45, 7) is 8.36. The number of nitrogens with one attached hydrogen (secondary N) is 1. The Morgan fingerprint density at radius 1 is 1.17 bits per heavy atom. The first-order chi connectivity index (χ1) is 14.3. The lowest BCUT2D eigenvalue weighted by Gasteiger charge is -2.12. The van der Waals surface area contributed by atoms with Crippen molar-refractivity contribution < 1.29 is 9.59 Å². The molecule has 2 heterocycles. The first kappa shape index (κ1) is 21.8. The number of ketones is 1. The van der Waals surface area contributed by atoms with Crippen LogP contribution < -0.4 is 10.9 Å². The molecule has 1 amide bonds. The van der Waals surface area contributed by atoms with Crippen molar-refractivity contribution in [3.8, 4) is 0 Å². The van der Waals surface area contributed by atoms with Crippen LogP contribution in [-0.2, 0) is 17.9 Å². The molecule has 9 heteroatoms. The van der Waals surface area contributed by atoms with Gasteiger partial charge in [0.15, 0.2) is 16.5 Å². The fraction of sp³-hybridized carbons (Fsp3) is 0.381. The monoisotopic (exact) mass is 427 g/mol. The highest BCUT2D eigenvalue weighted by Crippen LogP contribution is 2.21. The van der Waals surface area contributed by atoms with E-state index in [2.05, 4.69) is 15.4 Å². The molecular formula is C21H25N5O3S. The number of carbonyl (C=O) groups is 2. The van der Waals surface area contributed by atoms with Gasteiger partial charge in [-0.05, 0) is 51.5 Å². The van der Waals surface area contributed by atoms with Gasteiger partial charge in [-0.1, -0.05) is 18.7 Å². The Morgan fingerprint density at radius 2 is 1.87 bits per heavy atom. The Kier molecular flexibility index (Phi) is 6.71. The second-order valence-electron chi connectivity index (χ2n) is 6.92. The summed E-state index contributed by atoms with van der Waals surface area (Å²) in [6, 6.07) is 6.74. The molecule has 0 atom stereocenters. The number of hydrogen-bond acceptors (Lipinski definition) is 6. The van der Waals surface area contributed by atoms with E-state index in [1.54, 1.807) is 33.5 Å². The van der Waals surface area contributed by atoms with E-state index in [1.807, 2.05) is 20.8 Å². The highest BCUT2D eigenvalue weighted by molar-refractivity contribution is 7.99. The van der Waals surface area contributed by atoms with E-state index in [4.69, 9.17) is 0 Å². The maximum Gasteiger partial charge on any atom is 0.280 e. The van der Waals surface area contributed by atoms with E-state index in [1.165, 1.54) is 18.7 Å². The van der Waals surface area contributed by atoms with E-state index < -0.39 is 0 Å². The molecule has 0 aliphatic rings. The normalized spacial score (nSPS) is 11.1. The molecule has 1 aromatic carbocycles. The third-order valence-electron chi connectivity index (χ3n) is 4.64. The van der Waals surface area contributed by atoms with Gasteiger partial charge in [0.25, 0.3) is 5.56 Å². The largest absolute Gasteiger partial charge is 0.325 e. The molecule has 0 unspecified atom stereocenters. The summed E-state index contributed by atoms with van der Waals surface area (Å²) in [4.78, 5) is 41.5. The predicted molar refractivity (Wildman–Crippen MR) is 118 cm³/mol. The second kappa shape index (κ2) is 9.25. The summed E-state index contributed by atoms with van der Waals surface area (Å²) in [5, 5.41) is 7.72. The molecule has 0 aliphatic heterocycles. The summed E-state index contributed by atoms with van der Waals surface area (Å²) in [5.74, 6) is -0.133. The molecule has 0 spiro atoms. The number of fused-ring (bicyclic) bond motifs is 1. The molecule has 2 aromatic heterocycles. The molecule has 30 heavy (non-hydrogen) atoms. The van der Waals surface area contributed by atoms with Crippen LogP contribution in [0.2, 0.25) is 0 Å². The molecule has 3 rings (SSSR count). The zero-order valence-electron chi connectivity index (χ0n) is 17.6. The van der Waals surface area contributed by atoms with Gasteiger partial charge in [0.1, 0.15) is 5.52 Å². The van der Waals surface area contributed by atoms with Crippen LogP contribution in [0.4, 0.5) is 5.69 Å². The van der Waals surface area contributed by atoms with E-state index in [-0.39, 0.29) is 23.0 Å². The maximum atomic E-state index is 13.1. The predicted octanol–water partition coefficient (Wildman–Crippen LogP) is 3.26. The van der Waals surface area contributed by atoms with Crippen LogP contribution in [-0.4, -0.2) is 36.8 Å². The Bertz CT molecular complexity index is 1150. The lowest BCUT2D eigenvalue weighted by molar-refractivity contribution is -0.113. The molecule has 0 radical (unpaired) electrons. The van der Waals surface area contributed by atoms with Crippen molar-refractivity contribution in [3.63, 3.8) is 0 Å². The van der Waals surface area contributed by atoms with Crippen LogP contribution in [0, 0.1) is 6.92 Å². The van der Waals surface area contributed by atoms with Crippen molar-refractivity contribution in [3.05, 3.63) is 45.9 Å². The van der Waals surface area contributed by atoms with E-state index in [0.29, 0.717) is 46.2 Å². The Labute approximate surface area is 178 Å². The number of anilines is 1. The molecule has 0 fully saturated rings. The number of Topliss-reactive ketones (excluding diaryl/α,β-unsaturated/α-hetero) is 1. The first-order valence-corrected chi connectivity index (χ1v) is 10.9. The summed E-state index contributed by atoms with van der Waals surface area (Å²) in [5.41, 5.74) is 2.85. The number of rotatable bonds is 8. The Morgan fingerprint density at radius 3 is 2.47 bits per heavy atom. The molecular weight excluding hydrogens is 402 g/mol. The summed E-state index contributed by atoms with van der Waals surface area (Å²) < 4.78 is 3.30. The van der Waals surface area contributed by atoms with Gasteiger partial charge in [-0.25, -0.2) is 4.98 Å². The first-order valence-electron chi connectivity index (χ1n) is 9.87. The van der Waals surface area contributed by atoms with Crippen LogP contribution in [0.3, 0.4) is 0 Å². The van der Waals surface area contributed by atoms with E-state index >= 15 is 0 Å². The SMILES string of the molecule is CCCn1c(SCC(=O)Nc2ccc(C(C)=O)cc2)nc2c(C)nn(CC)c2c1=O. The van der Waals surface area contributed by atoms with Crippen LogP contribution in [0.1, 0.15) is 43.2 Å². The molecule has 0 bridgehead atoms. The smallest absolute Gasteiger partial charge is 0.280 e. The highest BCUT2D eigenvalue weighted by Gasteiger charge is 2.18. The summed E-state index contributed by atoms with van der Waals surface area (Å²) >= 11 is 1.23. The Hall–Kier alpha value is -2.94. The van der Waals surface area contributed by atoms with Gasteiger partial charge in [0.05, 0.1) is 11.4 Å². The number of aryl methyl sites for hydroxylation is 2. The molecule has 8 nitrogen and oxygen atoms in total.